The van der Waals surface area contributed by atoms with Crippen LogP contribution >= 0.6 is 0 Å². The van der Waals surface area contributed by atoms with Gasteiger partial charge in [0.15, 0.2) is 0 Å². The molecule has 5 nitrogen and oxygen atoms in total. The lowest BCUT2D eigenvalue weighted by Crippen LogP contribution is -2.24. The van der Waals surface area contributed by atoms with Crippen LogP contribution in [-0.4, -0.2) is 14.1 Å². The summed E-state index contributed by atoms with van der Waals surface area (Å²) < 4.78 is 31.1. The van der Waals surface area contributed by atoms with Crippen LogP contribution in [0.1, 0.15) is 31.5 Å². The number of H-pyrrole nitrogens is 1. The third-order valence-electron chi connectivity index (χ3n) is 4.29. The number of halogens is 2. The lowest BCUT2D eigenvalue weighted by molar-refractivity contribution is 0.583. The summed E-state index contributed by atoms with van der Waals surface area (Å²) >= 11 is 0. The van der Waals surface area contributed by atoms with E-state index in [0.29, 0.717) is 30.6 Å². The van der Waals surface area contributed by atoms with Gasteiger partial charge in [0.05, 0.1) is 11.2 Å². The number of hydrogen-bond acceptors (Lipinski definition) is 2. The number of hydrogen-bond donors (Lipinski definition) is 1. The Labute approximate surface area is 142 Å². The van der Waals surface area contributed by atoms with Crippen molar-refractivity contribution in [2.24, 2.45) is 0 Å². The maximum absolute atomic E-state index is 14.6. The van der Waals surface area contributed by atoms with Crippen LogP contribution in [-0.2, 0) is 13.0 Å². The molecule has 0 fully saturated rings. The zero-order valence-corrected chi connectivity index (χ0v) is 14.3. The Hall–Kier alpha value is -2.70. The predicted octanol–water partition coefficient (Wildman–Crippen LogP) is 3.04. The van der Waals surface area contributed by atoms with Gasteiger partial charge in [-0.15, -0.1) is 0 Å². The van der Waals surface area contributed by atoms with E-state index in [0.717, 1.165) is 4.57 Å². The molecule has 0 spiro atoms. The van der Waals surface area contributed by atoms with E-state index in [2.05, 4.69) is 4.98 Å². The largest absolute Gasteiger partial charge is 0.331 e. The minimum atomic E-state index is -1.04. The first-order chi connectivity index (χ1) is 12.0. The molecule has 0 bridgehead atoms. The van der Waals surface area contributed by atoms with Crippen molar-refractivity contribution in [2.75, 3.05) is 0 Å². The fourth-order valence-corrected chi connectivity index (χ4v) is 3.25. The highest BCUT2D eigenvalue weighted by Gasteiger charge is 2.26. The maximum atomic E-state index is 14.6. The number of fused-ring (bicyclic) bond motifs is 3. The van der Waals surface area contributed by atoms with E-state index in [1.54, 1.807) is 13.0 Å². The number of rotatable bonds is 1. The average molecular weight is 347 g/mol. The first-order valence-corrected chi connectivity index (χ1v) is 8.31. The van der Waals surface area contributed by atoms with Crippen molar-refractivity contribution in [1.29, 1.82) is 0 Å². The first kappa shape index (κ1) is 17.1. The van der Waals surface area contributed by atoms with Crippen molar-refractivity contribution < 1.29 is 8.78 Å². The minimum absolute atomic E-state index is 0.0758. The number of aryl methyl sites for hydroxylation is 2. The smallest absolute Gasteiger partial charge is 0.308 e. The molecule has 1 aromatic carbocycles. The van der Waals surface area contributed by atoms with E-state index in [9.17, 15) is 18.4 Å². The van der Waals surface area contributed by atoms with Gasteiger partial charge in [0.2, 0.25) is 5.82 Å². The van der Waals surface area contributed by atoms with E-state index >= 15 is 0 Å². The zero-order valence-electron chi connectivity index (χ0n) is 14.3. The maximum Gasteiger partial charge on any atom is 0.331 e. The first-order valence-electron chi connectivity index (χ1n) is 8.31. The van der Waals surface area contributed by atoms with Crippen LogP contribution in [0.25, 0.3) is 16.7 Å². The molecule has 1 N–H and O–H groups in total. The van der Waals surface area contributed by atoms with Crippen molar-refractivity contribution in [3.63, 3.8) is 0 Å². The molecule has 25 heavy (non-hydrogen) atoms. The second-order valence-electron chi connectivity index (χ2n) is 5.77. The molecule has 3 heterocycles. The van der Waals surface area contributed by atoms with Crippen LogP contribution in [0.3, 0.4) is 0 Å². The van der Waals surface area contributed by atoms with E-state index < -0.39 is 22.9 Å². The summed E-state index contributed by atoms with van der Waals surface area (Å²) in [6.07, 6.45) is 1.28. The molecule has 2 aromatic heterocycles. The van der Waals surface area contributed by atoms with Gasteiger partial charge in [0.1, 0.15) is 11.3 Å². The summed E-state index contributed by atoms with van der Waals surface area (Å²) in [6, 6.07) is 4.30. The molecule has 0 saturated heterocycles. The van der Waals surface area contributed by atoms with Gasteiger partial charge < -0.3 is 9.55 Å². The molecule has 4 rings (SSSR count). The van der Waals surface area contributed by atoms with E-state index in [-0.39, 0.29) is 16.7 Å². The molecular formula is C18H19F2N3O2. The highest BCUT2D eigenvalue weighted by Crippen LogP contribution is 2.25. The quantitative estimate of drug-likeness (QED) is 0.735. The number of nitrogens with zero attached hydrogens (tertiary/aromatic N) is 2. The van der Waals surface area contributed by atoms with Crippen molar-refractivity contribution in [1.82, 2.24) is 14.1 Å². The van der Waals surface area contributed by atoms with Gasteiger partial charge in [-0.05, 0) is 37.5 Å². The molecule has 0 amide bonds. The Morgan fingerprint density at radius 3 is 2.56 bits per heavy atom. The van der Waals surface area contributed by atoms with Gasteiger partial charge in [0.25, 0.3) is 5.56 Å². The highest BCUT2D eigenvalue weighted by atomic mass is 19.1. The van der Waals surface area contributed by atoms with Crippen molar-refractivity contribution in [3.05, 3.63) is 61.9 Å². The van der Waals surface area contributed by atoms with Crippen molar-refractivity contribution >= 4 is 11.0 Å². The summed E-state index contributed by atoms with van der Waals surface area (Å²) in [5.74, 6) is -1.68. The summed E-state index contributed by atoms with van der Waals surface area (Å²) in [6.45, 7) is 6.14. The van der Waals surface area contributed by atoms with Crippen LogP contribution < -0.4 is 11.2 Å². The Kier molecular flexibility index (Phi) is 4.32. The summed E-state index contributed by atoms with van der Waals surface area (Å²) in [7, 11) is 0. The van der Waals surface area contributed by atoms with E-state index in [1.807, 2.05) is 13.8 Å². The molecule has 132 valence electrons. The van der Waals surface area contributed by atoms with Gasteiger partial charge in [-0.1, -0.05) is 19.9 Å². The second kappa shape index (κ2) is 6.31. The SMILES string of the molecule is CC.Cc1ccc(-n2c(=O)[nH]c3c4n(c(=O)c(F)c32)CCC4)c(F)c1. The normalized spacial score (nSPS) is 12.8. The number of aromatic nitrogens is 3. The Morgan fingerprint density at radius 1 is 1.16 bits per heavy atom. The molecule has 7 heteroatoms. The van der Waals surface area contributed by atoms with Crippen LogP contribution in [0, 0.1) is 18.6 Å². The zero-order chi connectivity index (χ0) is 18.3. The number of aromatic amines is 1. The predicted molar refractivity (Wildman–Crippen MR) is 92.5 cm³/mol. The molecular weight excluding hydrogens is 328 g/mol. The Morgan fingerprint density at radius 2 is 1.88 bits per heavy atom. The monoisotopic (exact) mass is 347 g/mol. The molecule has 1 aliphatic rings. The lowest BCUT2D eigenvalue weighted by Gasteiger charge is -2.08. The van der Waals surface area contributed by atoms with Crippen LogP contribution in [0.4, 0.5) is 8.78 Å². The third kappa shape index (κ3) is 2.50. The number of pyridine rings is 1. The lowest BCUT2D eigenvalue weighted by atomic mass is 10.2. The standard InChI is InChI=1S/C16H13F2N3O2.C2H6/c1-8-4-5-10(9(17)7-8)21-14-12(18)15(22)20-6-2-3-11(20)13(14)19-16(21)23;1-2/h4-5,7H,2-3,6H2,1H3,(H,19,23);1-2H3. The number of benzene rings is 1. The Balaban J connectivity index is 0.000000880. The minimum Gasteiger partial charge on any atom is -0.308 e. The van der Waals surface area contributed by atoms with E-state index in [4.69, 9.17) is 0 Å². The second-order valence-corrected chi connectivity index (χ2v) is 5.77. The number of imidazole rings is 1. The molecule has 0 atom stereocenters. The fourth-order valence-electron chi connectivity index (χ4n) is 3.25. The van der Waals surface area contributed by atoms with Crippen LogP contribution in [0.15, 0.2) is 27.8 Å². The summed E-state index contributed by atoms with van der Waals surface area (Å²) in [5, 5.41) is 0. The molecule has 1 aliphatic heterocycles. The molecule has 0 unspecified atom stereocenters. The van der Waals surface area contributed by atoms with Gasteiger partial charge in [-0.3, -0.25) is 9.36 Å². The van der Waals surface area contributed by atoms with Crippen molar-refractivity contribution in [3.8, 4) is 5.69 Å². The topological polar surface area (TPSA) is 59.8 Å². The third-order valence-corrected chi connectivity index (χ3v) is 4.29. The average Bonchev–Trinajstić information content (AvgIpc) is 3.20. The van der Waals surface area contributed by atoms with Gasteiger partial charge in [-0.25, -0.2) is 9.18 Å². The van der Waals surface area contributed by atoms with Gasteiger partial charge in [-0.2, -0.15) is 4.39 Å². The highest BCUT2D eigenvalue weighted by molar-refractivity contribution is 5.80. The fraction of sp³-hybridized carbons (Fsp3) is 0.333. The van der Waals surface area contributed by atoms with Crippen LogP contribution in [0.2, 0.25) is 0 Å². The molecule has 0 radical (unpaired) electrons. The van der Waals surface area contributed by atoms with Crippen LogP contribution in [0.5, 0.6) is 0 Å². The van der Waals surface area contributed by atoms with E-state index in [1.165, 1.54) is 16.7 Å². The molecule has 0 aliphatic carbocycles. The number of nitrogens with one attached hydrogen (secondary N) is 1. The van der Waals surface area contributed by atoms with Gasteiger partial charge in [0, 0.05) is 12.2 Å². The van der Waals surface area contributed by atoms with Crippen molar-refractivity contribution in [2.45, 2.75) is 40.2 Å². The van der Waals surface area contributed by atoms with Gasteiger partial charge >= 0.3 is 5.69 Å². The molecule has 3 aromatic rings. The summed E-state index contributed by atoms with van der Waals surface area (Å²) in [4.78, 5) is 27.1. The molecule has 0 saturated carbocycles. The summed E-state index contributed by atoms with van der Waals surface area (Å²) in [5.41, 5.74) is -0.156. The Bertz CT molecular complexity index is 1080.